The quantitative estimate of drug-likeness (QED) is 0.198. The molecule has 1 aliphatic heterocycles. The summed E-state index contributed by atoms with van der Waals surface area (Å²) in [6.45, 7) is 4.58. The second-order valence-electron chi connectivity index (χ2n) is 9.87. The van der Waals surface area contributed by atoms with Crippen LogP contribution in [-0.4, -0.2) is 45.7 Å². The van der Waals surface area contributed by atoms with E-state index in [0.717, 1.165) is 63.5 Å². The van der Waals surface area contributed by atoms with Gasteiger partial charge < -0.3 is 9.47 Å². The normalized spacial score (nSPS) is 13.7. The zero-order valence-electron chi connectivity index (χ0n) is 21.8. The number of pyridine rings is 1. The fourth-order valence-corrected chi connectivity index (χ4v) is 5.05. The van der Waals surface area contributed by atoms with Gasteiger partial charge in [0, 0.05) is 23.6 Å². The highest BCUT2D eigenvalue weighted by Crippen LogP contribution is 2.26. The molecule has 3 aromatic carbocycles. The van der Waals surface area contributed by atoms with Gasteiger partial charge in [0.2, 0.25) is 0 Å². The first-order valence-electron chi connectivity index (χ1n) is 13.5. The summed E-state index contributed by atoms with van der Waals surface area (Å²) in [5.74, 6) is 2.48. The number of benzene rings is 3. The van der Waals surface area contributed by atoms with Gasteiger partial charge >= 0.3 is 0 Å². The number of halogens is 1. The molecule has 0 saturated carbocycles. The van der Waals surface area contributed by atoms with Crippen LogP contribution in [0.5, 0.6) is 11.5 Å². The zero-order chi connectivity index (χ0) is 26.4. The minimum Gasteiger partial charge on any atom is -0.492 e. The third-order valence-electron chi connectivity index (χ3n) is 7.01. The Hall–Kier alpha value is -3.87. The molecule has 1 fully saturated rings. The number of ether oxygens (including phenoxy) is 2. The van der Waals surface area contributed by atoms with E-state index in [1.54, 1.807) is 0 Å². The van der Waals surface area contributed by atoms with Crippen molar-refractivity contribution >= 4 is 17.2 Å². The van der Waals surface area contributed by atoms with Crippen LogP contribution >= 0.6 is 11.6 Å². The molecule has 0 radical (unpaired) electrons. The summed E-state index contributed by atoms with van der Waals surface area (Å²) < 4.78 is 13.9. The van der Waals surface area contributed by atoms with E-state index in [1.165, 1.54) is 25.9 Å². The molecule has 5 aromatic rings. The van der Waals surface area contributed by atoms with Crippen LogP contribution in [0.2, 0.25) is 5.02 Å². The van der Waals surface area contributed by atoms with Crippen LogP contribution in [0.3, 0.4) is 0 Å². The molecule has 0 aliphatic carbocycles. The van der Waals surface area contributed by atoms with E-state index >= 15 is 0 Å². The van der Waals surface area contributed by atoms with Crippen molar-refractivity contribution in [2.24, 2.45) is 0 Å². The van der Waals surface area contributed by atoms with E-state index in [4.69, 9.17) is 31.2 Å². The lowest BCUT2D eigenvalue weighted by Crippen LogP contribution is -2.25. The molecule has 0 spiro atoms. The molecule has 0 atom stereocenters. The van der Waals surface area contributed by atoms with Crippen LogP contribution in [0, 0.1) is 0 Å². The third-order valence-corrected chi connectivity index (χ3v) is 7.26. The van der Waals surface area contributed by atoms with E-state index in [9.17, 15) is 0 Å². The fraction of sp³-hybridized carbons (Fsp3) is 0.250. The molecule has 7 heteroatoms. The molecule has 2 aromatic heterocycles. The van der Waals surface area contributed by atoms with Gasteiger partial charge in [-0.2, -0.15) is 5.10 Å². The Morgan fingerprint density at radius 3 is 2.36 bits per heavy atom. The molecule has 0 amide bonds. The van der Waals surface area contributed by atoms with Gasteiger partial charge in [-0.1, -0.05) is 54.1 Å². The van der Waals surface area contributed by atoms with Crippen molar-refractivity contribution in [1.82, 2.24) is 19.5 Å². The molecule has 6 rings (SSSR count). The van der Waals surface area contributed by atoms with Crippen molar-refractivity contribution in [1.29, 1.82) is 0 Å². The number of rotatable bonds is 10. The topological polar surface area (TPSA) is 51.9 Å². The highest BCUT2D eigenvalue weighted by Gasteiger charge is 2.12. The van der Waals surface area contributed by atoms with E-state index in [1.807, 2.05) is 71.2 Å². The second kappa shape index (κ2) is 11.9. The van der Waals surface area contributed by atoms with Crippen molar-refractivity contribution in [3.05, 3.63) is 113 Å². The van der Waals surface area contributed by atoms with E-state index in [-0.39, 0.29) is 0 Å². The number of hydrogen-bond donors (Lipinski definition) is 0. The molecule has 0 bridgehead atoms. The fourth-order valence-electron chi connectivity index (χ4n) is 4.92. The van der Waals surface area contributed by atoms with Crippen LogP contribution in [0.15, 0.2) is 91.0 Å². The lowest BCUT2D eigenvalue weighted by atomic mass is 10.1. The zero-order valence-corrected chi connectivity index (χ0v) is 22.6. The Kier molecular flexibility index (Phi) is 7.75. The minimum absolute atomic E-state index is 0.473. The third kappa shape index (κ3) is 6.41. The Bertz CT molecular complexity index is 1530. The van der Waals surface area contributed by atoms with Crippen molar-refractivity contribution in [2.45, 2.75) is 25.9 Å². The second-order valence-corrected chi connectivity index (χ2v) is 10.3. The van der Waals surface area contributed by atoms with Gasteiger partial charge in [0.15, 0.2) is 11.5 Å². The summed E-state index contributed by atoms with van der Waals surface area (Å²) in [6.07, 6.45) is 3.26. The first-order valence-corrected chi connectivity index (χ1v) is 13.8. The summed E-state index contributed by atoms with van der Waals surface area (Å²) >= 11 is 5.99. The standard InChI is InChI=1S/C32H31ClN4O2/c33-27-13-9-25(10-14-27)23-39-29-6-3-5-26(22-29)30-7-4-8-32-34-31(35-37(30)32)21-24-11-15-28(16-12-24)38-20-19-36-17-1-2-18-36/h3-16,22H,1-2,17-21,23H2. The Morgan fingerprint density at radius 1 is 0.769 bits per heavy atom. The molecule has 0 N–H and O–H groups in total. The van der Waals surface area contributed by atoms with Crippen molar-refractivity contribution in [3.8, 4) is 22.8 Å². The van der Waals surface area contributed by atoms with E-state index in [2.05, 4.69) is 29.2 Å². The summed E-state index contributed by atoms with van der Waals surface area (Å²) in [5, 5.41) is 5.57. The molecule has 3 heterocycles. The highest BCUT2D eigenvalue weighted by atomic mass is 35.5. The predicted octanol–water partition coefficient (Wildman–Crippen LogP) is 6.69. The Labute approximate surface area is 233 Å². The average Bonchev–Trinajstić information content (AvgIpc) is 3.63. The Morgan fingerprint density at radius 2 is 1.54 bits per heavy atom. The summed E-state index contributed by atoms with van der Waals surface area (Å²) in [5.41, 5.74) is 5.01. The summed E-state index contributed by atoms with van der Waals surface area (Å²) in [4.78, 5) is 7.25. The highest BCUT2D eigenvalue weighted by molar-refractivity contribution is 6.30. The molecule has 6 nitrogen and oxygen atoms in total. The predicted molar refractivity (Wildman–Crippen MR) is 155 cm³/mol. The van der Waals surface area contributed by atoms with Gasteiger partial charge in [-0.15, -0.1) is 0 Å². The lowest BCUT2D eigenvalue weighted by Gasteiger charge is -2.14. The van der Waals surface area contributed by atoms with E-state index in [0.29, 0.717) is 13.0 Å². The van der Waals surface area contributed by atoms with Gasteiger partial charge in [0.25, 0.3) is 0 Å². The maximum atomic E-state index is 6.05. The van der Waals surface area contributed by atoms with Gasteiger partial charge in [-0.3, -0.25) is 4.90 Å². The smallest absolute Gasteiger partial charge is 0.156 e. The number of nitrogens with zero attached hydrogens (tertiary/aromatic N) is 4. The SMILES string of the molecule is Clc1ccc(COc2cccc(-c3cccc4nc(Cc5ccc(OCCN6CCCC6)cc5)nn34)c2)cc1. The van der Waals surface area contributed by atoms with Crippen LogP contribution in [0.4, 0.5) is 0 Å². The number of aromatic nitrogens is 3. The lowest BCUT2D eigenvalue weighted by molar-refractivity contribution is 0.238. The molecule has 39 heavy (non-hydrogen) atoms. The number of fused-ring (bicyclic) bond motifs is 1. The van der Waals surface area contributed by atoms with Crippen molar-refractivity contribution in [2.75, 3.05) is 26.2 Å². The molecule has 1 aliphatic rings. The largest absolute Gasteiger partial charge is 0.492 e. The maximum Gasteiger partial charge on any atom is 0.156 e. The van der Waals surface area contributed by atoms with Crippen LogP contribution in [0.1, 0.15) is 29.8 Å². The van der Waals surface area contributed by atoms with Gasteiger partial charge in [-0.25, -0.2) is 9.50 Å². The first-order chi connectivity index (χ1) is 19.2. The monoisotopic (exact) mass is 538 g/mol. The molecule has 198 valence electrons. The molecule has 1 saturated heterocycles. The summed E-state index contributed by atoms with van der Waals surface area (Å²) in [7, 11) is 0. The van der Waals surface area contributed by atoms with Crippen molar-refractivity contribution < 1.29 is 9.47 Å². The van der Waals surface area contributed by atoms with Crippen molar-refractivity contribution in [3.63, 3.8) is 0 Å². The van der Waals surface area contributed by atoms with Gasteiger partial charge in [0.05, 0.1) is 5.69 Å². The molecular formula is C32H31ClN4O2. The minimum atomic E-state index is 0.473. The van der Waals surface area contributed by atoms with E-state index < -0.39 is 0 Å². The first kappa shape index (κ1) is 25.4. The summed E-state index contributed by atoms with van der Waals surface area (Å²) in [6, 6.07) is 30.1. The Balaban J connectivity index is 1.12. The maximum absolute atomic E-state index is 6.05. The van der Waals surface area contributed by atoms with Gasteiger partial charge in [-0.05, 0) is 85.6 Å². The van der Waals surface area contributed by atoms with Crippen LogP contribution in [0.25, 0.3) is 16.9 Å². The van der Waals surface area contributed by atoms with Crippen LogP contribution < -0.4 is 9.47 Å². The van der Waals surface area contributed by atoms with Gasteiger partial charge in [0.1, 0.15) is 24.7 Å². The number of hydrogen-bond acceptors (Lipinski definition) is 5. The van der Waals surface area contributed by atoms with Crippen LogP contribution in [-0.2, 0) is 13.0 Å². The molecule has 0 unspecified atom stereocenters. The molecular weight excluding hydrogens is 508 g/mol. The number of likely N-dealkylation sites (tertiary alicyclic amines) is 1. The average molecular weight is 539 g/mol.